The van der Waals surface area contributed by atoms with Gasteiger partial charge < -0.3 is 15.3 Å². The molecular formula is C14H21NO3. The quantitative estimate of drug-likeness (QED) is 0.690. The predicted molar refractivity (Wildman–Crippen MR) is 69.2 cm³/mol. The molecule has 1 heterocycles. The second kappa shape index (κ2) is 6.29. The summed E-state index contributed by atoms with van der Waals surface area (Å²) in [6, 6.07) is 9.91. The second-order valence-corrected chi connectivity index (χ2v) is 4.89. The molecule has 0 aliphatic carbocycles. The van der Waals surface area contributed by atoms with E-state index in [9.17, 15) is 15.3 Å². The van der Waals surface area contributed by atoms with Crippen LogP contribution in [0.15, 0.2) is 30.3 Å². The van der Waals surface area contributed by atoms with Crippen molar-refractivity contribution >= 4 is 0 Å². The lowest BCUT2D eigenvalue weighted by Crippen LogP contribution is -2.39. The third-order valence-corrected chi connectivity index (χ3v) is 3.62. The van der Waals surface area contributed by atoms with Gasteiger partial charge in [0, 0.05) is 6.54 Å². The summed E-state index contributed by atoms with van der Waals surface area (Å²) in [5.74, 6) is 0. The monoisotopic (exact) mass is 251 g/mol. The number of aryl methyl sites for hydroxylation is 1. The number of β-amino-alcohol motifs (C(OH)–C–C–N with tert-alkyl or cyclic N) is 1. The Labute approximate surface area is 107 Å². The molecule has 0 saturated carbocycles. The van der Waals surface area contributed by atoms with E-state index < -0.39 is 12.2 Å². The number of benzene rings is 1. The Kier molecular flexibility index (Phi) is 4.72. The predicted octanol–water partition coefficient (Wildman–Crippen LogP) is 0.0175. The summed E-state index contributed by atoms with van der Waals surface area (Å²) in [5, 5.41) is 28.5. The molecule has 0 unspecified atom stereocenters. The zero-order valence-corrected chi connectivity index (χ0v) is 10.4. The molecular weight excluding hydrogens is 230 g/mol. The summed E-state index contributed by atoms with van der Waals surface area (Å²) in [6.45, 7) is 1.12. The molecule has 18 heavy (non-hydrogen) atoms. The van der Waals surface area contributed by atoms with Crippen molar-refractivity contribution in [1.29, 1.82) is 0 Å². The van der Waals surface area contributed by atoms with E-state index in [0.29, 0.717) is 6.54 Å². The second-order valence-electron chi connectivity index (χ2n) is 4.89. The fourth-order valence-electron chi connectivity index (χ4n) is 2.57. The maximum Gasteiger partial charge on any atom is 0.0988 e. The first kappa shape index (κ1) is 13.5. The van der Waals surface area contributed by atoms with Crippen LogP contribution >= 0.6 is 0 Å². The Hall–Kier alpha value is -0.940. The van der Waals surface area contributed by atoms with Gasteiger partial charge >= 0.3 is 0 Å². The summed E-state index contributed by atoms with van der Waals surface area (Å²) in [6.07, 6.45) is 0.368. The molecule has 1 aromatic carbocycles. The molecule has 1 aliphatic rings. The molecule has 0 amide bonds. The highest BCUT2D eigenvalue weighted by Gasteiger charge is 2.38. The summed E-state index contributed by atoms with van der Waals surface area (Å²) < 4.78 is 0. The van der Waals surface area contributed by atoms with Gasteiger partial charge in [-0.25, -0.2) is 0 Å². The minimum Gasteiger partial charge on any atom is -0.395 e. The van der Waals surface area contributed by atoms with Gasteiger partial charge in [0.2, 0.25) is 0 Å². The fourth-order valence-corrected chi connectivity index (χ4v) is 2.57. The van der Waals surface area contributed by atoms with Crippen LogP contribution in [0, 0.1) is 0 Å². The van der Waals surface area contributed by atoms with Crippen LogP contribution in [0.2, 0.25) is 0 Å². The number of likely N-dealkylation sites (tertiary alicyclic amines) is 1. The Bertz CT molecular complexity index is 357. The highest BCUT2D eigenvalue weighted by molar-refractivity contribution is 5.14. The SMILES string of the molecule is OC[C@@H]1[C@@H](O)[C@H](O)CN1CCCc1ccccc1. The van der Waals surface area contributed by atoms with Crippen molar-refractivity contribution in [2.45, 2.75) is 31.1 Å². The fraction of sp³-hybridized carbons (Fsp3) is 0.571. The van der Waals surface area contributed by atoms with E-state index in [2.05, 4.69) is 12.1 Å². The molecule has 3 N–H and O–H groups in total. The van der Waals surface area contributed by atoms with Crippen molar-refractivity contribution in [3.05, 3.63) is 35.9 Å². The Morgan fingerprint density at radius 2 is 1.89 bits per heavy atom. The minimum atomic E-state index is -0.827. The lowest BCUT2D eigenvalue weighted by molar-refractivity contribution is 0.0216. The molecule has 0 bridgehead atoms. The molecule has 4 nitrogen and oxygen atoms in total. The van der Waals surface area contributed by atoms with Crippen molar-refractivity contribution in [1.82, 2.24) is 4.90 Å². The van der Waals surface area contributed by atoms with Crippen molar-refractivity contribution in [3.8, 4) is 0 Å². The van der Waals surface area contributed by atoms with Crippen molar-refractivity contribution in [2.24, 2.45) is 0 Å². The molecule has 0 aromatic heterocycles. The van der Waals surface area contributed by atoms with E-state index in [-0.39, 0.29) is 12.6 Å². The normalized spacial score (nSPS) is 28.7. The maximum atomic E-state index is 9.69. The standard InChI is InChI=1S/C14H21NO3/c16-10-12-14(18)13(17)9-15(12)8-4-7-11-5-2-1-3-6-11/h1-3,5-6,12-14,16-18H,4,7-10H2/t12-,13-,14-/m1/s1. The number of aliphatic hydroxyl groups is 3. The van der Waals surface area contributed by atoms with Gasteiger partial charge in [0.1, 0.15) is 0 Å². The molecule has 2 rings (SSSR count). The van der Waals surface area contributed by atoms with Gasteiger partial charge in [-0.1, -0.05) is 30.3 Å². The molecule has 0 radical (unpaired) electrons. The van der Waals surface area contributed by atoms with Crippen LogP contribution in [0.3, 0.4) is 0 Å². The van der Waals surface area contributed by atoms with Crippen LogP contribution in [0.25, 0.3) is 0 Å². The first-order chi connectivity index (χ1) is 8.72. The number of aliphatic hydroxyl groups excluding tert-OH is 3. The molecule has 1 aliphatic heterocycles. The van der Waals surface area contributed by atoms with Gasteiger partial charge in [-0.15, -0.1) is 0 Å². The zero-order valence-electron chi connectivity index (χ0n) is 10.4. The van der Waals surface area contributed by atoms with Crippen molar-refractivity contribution < 1.29 is 15.3 Å². The lowest BCUT2D eigenvalue weighted by Gasteiger charge is -2.23. The summed E-state index contributed by atoms with van der Waals surface area (Å²) in [4.78, 5) is 1.97. The van der Waals surface area contributed by atoms with Crippen molar-refractivity contribution in [3.63, 3.8) is 0 Å². The van der Waals surface area contributed by atoms with Gasteiger partial charge in [-0.05, 0) is 24.9 Å². The van der Waals surface area contributed by atoms with Crippen LogP contribution in [0.1, 0.15) is 12.0 Å². The van der Waals surface area contributed by atoms with E-state index in [1.165, 1.54) is 5.56 Å². The van der Waals surface area contributed by atoms with E-state index >= 15 is 0 Å². The third-order valence-electron chi connectivity index (χ3n) is 3.62. The highest BCUT2D eigenvalue weighted by Crippen LogP contribution is 2.19. The Morgan fingerprint density at radius 1 is 1.17 bits per heavy atom. The number of hydrogen-bond donors (Lipinski definition) is 3. The van der Waals surface area contributed by atoms with Gasteiger partial charge in [0.05, 0.1) is 24.9 Å². The maximum absolute atomic E-state index is 9.69. The van der Waals surface area contributed by atoms with Crippen LogP contribution < -0.4 is 0 Å². The van der Waals surface area contributed by atoms with Crippen LogP contribution in [0.4, 0.5) is 0 Å². The van der Waals surface area contributed by atoms with Crippen LogP contribution in [0.5, 0.6) is 0 Å². The molecule has 0 spiro atoms. The first-order valence-corrected chi connectivity index (χ1v) is 6.47. The average Bonchev–Trinajstić information content (AvgIpc) is 2.66. The third kappa shape index (κ3) is 3.09. The average molecular weight is 251 g/mol. The smallest absolute Gasteiger partial charge is 0.0988 e. The number of rotatable bonds is 5. The zero-order chi connectivity index (χ0) is 13.0. The first-order valence-electron chi connectivity index (χ1n) is 6.47. The van der Waals surface area contributed by atoms with Crippen LogP contribution in [-0.2, 0) is 6.42 Å². The summed E-state index contributed by atoms with van der Waals surface area (Å²) in [7, 11) is 0. The van der Waals surface area contributed by atoms with Gasteiger partial charge in [-0.2, -0.15) is 0 Å². The Morgan fingerprint density at radius 3 is 2.56 bits per heavy atom. The highest BCUT2D eigenvalue weighted by atomic mass is 16.3. The lowest BCUT2D eigenvalue weighted by atomic mass is 10.1. The van der Waals surface area contributed by atoms with Crippen LogP contribution in [-0.4, -0.2) is 58.2 Å². The van der Waals surface area contributed by atoms with Gasteiger partial charge in [0.15, 0.2) is 0 Å². The topological polar surface area (TPSA) is 63.9 Å². The minimum absolute atomic E-state index is 0.108. The van der Waals surface area contributed by atoms with E-state index in [1.54, 1.807) is 0 Å². The van der Waals surface area contributed by atoms with E-state index in [1.807, 2.05) is 23.1 Å². The van der Waals surface area contributed by atoms with Crippen molar-refractivity contribution in [2.75, 3.05) is 19.7 Å². The van der Waals surface area contributed by atoms with Gasteiger partial charge in [-0.3, -0.25) is 4.90 Å². The molecule has 1 fully saturated rings. The number of nitrogens with zero attached hydrogens (tertiary/aromatic N) is 1. The number of hydrogen-bond acceptors (Lipinski definition) is 4. The molecule has 4 heteroatoms. The summed E-state index contributed by atoms with van der Waals surface area (Å²) in [5.41, 5.74) is 1.29. The van der Waals surface area contributed by atoms with E-state index in [4.69, 9.17) is 0 Å². The molecule has 100 valence electrons. The molecule has 3 atom stereocenters. The molecule has 1 aromatic rings. The summed E-state index contributed by atoms with van der Waals surface area (Å²) >= 11 is 0. The molecule has 1 saturated heterocycles. The van der Waals surface area contributed by atoms with E-state index in [0.717, 1.165) is 19.4 Å². The largest absolute Gasteiger partial charge is 0.395 e. The Balaban J connectivity index is 1.80. The van der Waals surface area contributed by atoms with Gasteiger partial charge in [0.25, 0.3) is 0 Å².